The molecule has 1 rings (SSSR count). The van der Waals surface area contributed by atoms with Crippen molar-refractivity contribution in [2.75, 3.05) is 6.61 Å². The molecule has 0 aromatic carbocycles. The van der Waals surface area contributed by atoms with Crippen LogP contribution in [0.25, 0.3) is 0 Å². The van der Waals surface area contributed by atoms with E-state index in [2.05, 4.69) is 16.9 Å². The largest absolute Gasteiger partial charge is 0.448 e. The Labute approximate surface area is 105 Å². The fourth-order valence-corrected chi connectivity index (χ4v) is 1.32. The number of ether oxygens (including phenoxy) is 1. The molecule has 0 aliphatic carbocycles. The molecule has 17 heavy (non-hydrogen) atoms. The van der Waals surface area contributed by atoms with Crippen LogP contribution in [-0.2, 0) is 4.74 Å². The second-order valence-corrected chi connectivity index (χ2v) is 4.03. The Morgan fingerprint density at radius 1 is 1.59 bits per heavy atom. The van der Waals surface area contributed by atoms with Gasteiger partial charge in [-0.3, -0.25) is 0 Å². The zero-order chi connectivity index (χ0) is 12.8. The van der Waals surface area contributed by atoms with Crippen molar-refractivity contribution in [2.45, 2.75) is 19.8 Å². The van der Waals surface area contributed by atoms with Crippen LogP contribution in [-0.4, -0.2) is 17.6 Å². The number of nitrogens with two attached hydrogens (primary N) is 1. The van der Waals surface area contributed by atoms with E-state index in [0.29, 0.717) is 0 Å². The molecule has 5 heteroatoms. The van der Waals surface area contributed by atoms with Crippen LogP contribution in [0.2, 0.25) is 5.02 Å². The van der Waals surface area contributed by atoms with E-state index >= 15 is 0 Å². The summed E-state index contributed by atoms with van der Waals surface area (Å²) in [4.78, 5) is 15.8. The molecule has 2 N–H and O–H groups in total. The molecule has 0 atom stereocenters. The molecule has 0 fully saturated rings. The maximum atomic E-state index is 11.6. The Morgan fingerprint density at radius 2 is 2.29 bits per heavy atom. The number of nitrogens with zero attached hydrogens (tertiary/aromatic N) is 1. The zero-order valence-electron chi connectivity index (χ0n) is 9.66. The molecule has 0 spiro atoms. The van der Waals surface area contributed by atoms with E-state index < -0.39 is 5.97 Å². The molecule has 90 valence electrons. The Balaban J connectivity index is 2.90. The average molecular weight is 253 g/mol. The van der Waals surface area contributed by atoms with E-state index in [1.165, 1.54) is 0 Å². The van der Waals surface area contributed by atoms with Crippen molar-refractivity contribution in [2.24, 2.45) is 5.73 Å². The van der Waals surface area contributed by atoms with Crippen LogP contribution in [0.5, 0.6) is 0 Å². The molecule has 0 radical (unpaired) electrons. The van der Waals surface area contributed by atoms with Gasteiger partial charge in [0.15, 0.2) is 12.3 Å². The Hall–Kier alpha value is -1.73. The smallest absolute Gasteiger partial charge is 0.359 e. The fraction of sp³-hybridized carbons (Fsp3) is 0.333. The quantitative estimate of drug-likeness (QED) is 0.507. The molecule has 0 unspecified atom stereocenters. The summed E-state index contributed by atoms with van der Waals surface area (Å²) in [7, 11) is 0. The number of aromatic nitrogens is 1. The van der Waals surface area contributed by atoms with Crippen LogP contribution < -0.4 is 5.73 Å². The fourth-order valence-electron chi connectivity index (χ4n) is 1.13. The summed E-state index contributed by atoms with van der Waals surface area (Å²) < 4.78 is 4.84. The van der Waals surface area contributed by atoms with E-state index in [4.69, 9.17) is 22.1 Å². The average Bonchev–Trinajstić information content (AvgIpc) is 2.29. The van der Waals surface area contributed by atoms with Crippen molar-refractivity contribution in [3.63, 3.8) is 0 Å². The first-order valence-corrected chi connectivity index (χ1v) is 5.46. The van der Waals surface area contributed by atoms with Crippen molar-refractivity contribution >= 4 is 17.6 Å². The third-order valence-corrected chi connectivity index (χ3v) is 2.33. The molecular formula is C12H13ClN2O2. The molecule has 0 saturated heterocycles. The van der Waals surface area contributed by atoms with Gasteiger partial charge in [-0.15, -0.1) is 0 Å². The molecule has 1 heterocycles. The summed E-state index contributed by atoms with van der Waals surface area (Å²) in [6, 6.07) is 5.55. The van der Waals surface area contributed by atoms with E-state index in [0.717, 1.165) is 5.69 Å². The topological polar surface area (TPSA) is 65.2 Å². The van der Waals surface area contributed by atoms with Gasteiger partial charge in [-0.25, -0.2) is 9.78 Å². The number of hydrogen-bond acceptors (Lipinski definition) is 4. The lowest BCUT2D eigenvalue weighted by atomic mass is 10.1. The predicted octanol–water partition coefficient (Wildman–Crippen LogP) is 1.93. The second-order valence-electron chi connectivity index (χ2n) is 3.62. The Kier molecular flexibility index (Phi) is 4.80. The van der Waals surface area contributed by atoms with Crippen LogP contribution in [0.4, 0.5) is 0 Å². The van der Waals surface area contributed by atoms with Crippen LogP contribution >= 0.6 is 11.6 Å². The molecule has 1 aromatic heterocycles. The maximum absolute atomic E-state index is 11.6. The van der Waals surface area contributed by atoms with Gasteiger partial charge in [0.05, 0.1) is 5.02 Å². The van der Waals surface area contributed by atoms with Gasteiger partial charge in [-0.1, -0.05) is 25.4 Å². The van der Waals surface area contributed by atoms with E-state index in [1.807, 2.05) is 13.8 Å². The van der Waals surface area contributed by atoms with Gasteiger partial charge < -0.3 is 10.5 Å². The molecule has 0 amide bonds. The standard InChI is InChI=1S/C12H13ClN2O2/c1-8(2)10-5-4-9(13)11(15-10)12(16)17-7-3-6-14/h4-5,8H,7,14H2,1-2H3. The summed E-state index contributed by atoms with van der Waals surface area (Å²) in [6.07, 6.45) is 0. The highest BCUT2D eigenvalue weighted by Gasteiger charge is 2.15. The molecule has 0 bridgehead atoms. The van der Waals surface area contributed by atoms with Gasteiger partial charge in [0.1, 0.15) is 0 Å². The van der Waals surface area contributed by atoms with Crippen LogP contribution in [0.15, 0.2) is 12.1 Å². The van der Waals surface area contributed by atoms with Crippen LogP contribution in [0.1, 0.15) is 35.9 Å². The van der Waals surface area contributed by atoms with Crippen molar-refractivity contribution in [3.05, 3.63) is 28.5 Å². The Bertz CT molecular complexity index is 475. The van der Waals surface area contributed by atoms with Crippen molar-refractivity contribution < 1.29 is 9.53 Å². The number of pyridine rings is 1. The lowest BCUT2D eigenvalue weighted by molar-refractivity contribution is 0.0549. The summed E-state index contributed by atoms with van der Waals surface area (Å²) in [6.45, 7) is 3.88. The SMILES string of the molecule is CC(C)c1ccc(Cl)c(C(=O)OCC#CN)n1. The first-order valence-electron chi connectivity index (χ1n) is 5.08. The molecular weight excluding hydrogens is 240 g/mol. The number of halogens is 1. The Morgan fingerprint density at radius 3 is 2.88 bits per heavy atom. The minimum atomic E-state index is -0.597. The molecule has 0 aliphatic heterocycles. The van der Waals surface area contributed by atoms with Crippen molar-refractivity contribution in [1.82, 2.24) is 4.98 Å². The number of esters is 1. The number of carbonyl (C=O) groups is 1. The monoisotopic (exact) mass is 252 g/mol. The second kappa shape index (κ2) is 6.12. The predicted molar refractivity (Wildman–Crippen MR) is 65.6 cm³/mol. The van der Waals surface area contributed by atoms with Gasteiger partial charge in [-0.05, 0) is 24.0 Å². The van der Waals surface area contributed by atoms with Gasteiger partial charge in [-0.2, -0.15) is 0 Å². The highest BCUT2D eigenvalue weighted by molar-refractivity contribution is 6.33. The van der Waals surface area contributed by atoms with Crippen LogP contribution in [0, 0.1) is 12.0 Å². The van der Waals surface area contributed by atoms with E-state index in [9.17, 15) is 4.79 Å². The number of carbonyl (C=O) groups excluding carboxylic acids is 1. The van der Waals surface area contributed by atoms with E-state index in [1.54, 1.807) is 12.1 Å². The zero-order valence-corrected chi connectivity index (χ0v) is 10.4. The molecule has 4 nitrogen and oxygen atoms in total. The number of hydrogen-bond donors (Lipinski definition) is 1. The number of rotatable bonds is 3. The molecule has 0 aliphatic rings. The third-order valence-electron chi connectivity index (χ3n) is 2.03. The third kappa shape index (κ3) is 3.65. The molecule has 0 saturated carbocycles. The first kappa shape index (κ1) is 13.3. The summed E-state index contributed by atoms with van der Waals surface area (Å²) in [5, 5.41) is 0.264. The normalized spacial score (nSPS) is 9.65. The maximum Gasteiger partial charge on any atom is 0.359 e. The minimum Gasteiger partial charge on any atom is -0.448 e. The first-order chi connectivity index (χ1) is 8.06. The van der Waals surface area contributed by atoms with Crippen LogP contribution in [0.3, 0.4) is 0 Å². The van der Waals surface area contributed by atoms with Crippen molar-refractivity contribution in [3.8, 4) is 12.0 Å². The van der Waals surface area contributed by atoms with Gasteiger partial charge >= 0.3 is 5.97 Å². The van der Waals surface area contributed by atoms with Crippen molar-refractivity contribution in [1.29, 1.82) is 0 Å². The van der Waals surface area contributed by atoms with Gasteiger partial charge in [0.25, 0.3) is 0 Å². The lowest BCUT2D eigenvalue weighted by Crippen LogP contribution is -2.10. The molecule has 1 aromatic rings. The van der Waals surface area contributed by atoms with Gasteiger partial charge in [0.2, 0.25) is 0 Å². The highest BCUT2D eigenvalue weighted by atomic mass is 35.5. The summed E-state index contributed by atoms with van der Waals surface area (Å²) in [5.74, 6) is 2.03. The minimum absolute atomic E-state index is 0.0702. The lowest BCUT2D eigenvalue weighted by Gasteiger charge is -2.07. The summed E-state index contributed by atoms with van der Waals surface area (Å²) in [5.41, 5.74) is 5.84. The van der Waals surface area contributed by atoms with Gasteiger partial charge in [0, 0.05) is 11.7 Å². The summed E-state index contributed by atoms with van der Waals surface area (Å²) >= 11 is 5.88. The highest BCUT2D eigenvalue weighted by Crippen LogP contribution is 2.19. The van der Waals surface area contributed by atoms with E-state index in [-0.39, 0.29) is 23.2 Å².